The number of amides is 1. The Morgan fingerprint density at radius 3 is 2.48 bits per heavy atom. The number of carboxylic acid groups (broad SMARTS) is 1. The Bertz CT molecular complexity index is 474. The normalized spacial score (nSPS) is 17.8. The average molecular weight is 323 g/mol. The lowest BCUT2D eigenvalue weighted by Gasteiger charge is -2.30. The minimum Gasteiger partial charge on any atom is -0.481 e. The van der Waals surface area contributed by atoms with Crippen molar-refractivity contribution in [3.8, 4) is 0 Å². The molecule has 0 spiro atoms. The van der Waals surface area contributed by atoms with Crippen LogP contribution in [-0.2, 0) is 24.5 Å². The van der Waals surface area contributed by atoms with Gasteiger partial charge in [0, 0.05) is 26.7 Å². The van der Waals surface area contributed by atoms with Crippen LogP contribution in [0.15, 0.2) is 0 Å². The summed E-state index contributed by atoms with van der Waals surface area (Å²) in [5, 5.41) is 8.55. The number of aliphatic carboxylic acids is 1. The molecule has 122 valence electrons. The molecule has 1 unspecified atom stereocenters. The molecule has 1 rings (SSSR count). The molecule has 9 nitrogen and oxygen atoms in total. The Hall–Kier alpha value is -1.23. The standard InChI is InChI=1S/C11H21N3O6S/c1-9(11(17)14-5-7-20-8-6-14)12-21(18,19)13(2)4-3-10(15)16/h9,12H,3-8H2,1-2H3,(H,15,16). The number of ether oxygens (including phenoxy) is 1. The van der Waals surface area contributed by atoms with Gasteiger partial charge in [0.05, 0.1) is 25.7 Å². The van der Waals surface area contributed by atoms with Crippen LogP contribution in [0.2, 0.25) is 0 Å². The molecule has 1 saturated heterocycles. The van der Waals surface area contributed by atoms with E-state index in [1.807, 2.05) is 0 Å². The summed E-state index contributed by atoms with van der Waals surface area (Å²) in [6.45, 7) is 3.02. The van der Waals surface area contributed by atoms with Gasteiger partial charge in [0.15, 0.2) is 0 Å². The summed E-state index contributed by atoms with van der Waals surface area (Å²) < 4.78 is 32.2. The van der Waals surface area contributed by atoms with Crippen LogP contribution in [0.3, 0.4) is 0 Å². The van der Waals surface area contributed by atoms with Crippen molar-refractivity contribution in [3.63, 3.8) is 0 Å². The average Bonchev–Trinajstić information content (AvgIpc) is 2.44. The molecule has 0 aliphatic carbocycles. The topological polar surface area (TPSA) is 116 Å². The molecule has 0 aromatic carbocycles. The summed E-state index contributed by atoms with van der Waals surface area (Å²) >= 11 is 0. The van der Waals surface area contributed by atoms with Gasteiger partial charge in [0.2, 0.25) is 5.91 Å². The molecule has 1 fully saturated rings. The van der Waals surface area contributed by atoms with Gasteiger partial charge in [0.1, 0.15) is 0 Å². The number of hydrogen-bond donors (Lipinski definition) is 2. The molecule has 0 aromatic heterocycles. The fraction of sp³-hybridized carbons (Fsp3) is 0.818. The van der Waals surface area contributed by atoms with Crippen molar-refractivity contribution < 1.29 is 27.9 Å². The largest absolute Gasteiger partial charge is 0.481 e. The monoisotopic (exact) mass is 323 g/mol. The molecule has 10 heteroatoms. The van der Waals surface area contributed by atoms with Crippen LogP contribution in [0.4, 0.5) is 0 Å². The van der Waals surface area contributed by atoms with Gasteiger partial charge in [-0.25, -0.2) is 0 Å². The minimum absolute atomic E-state index is 0.164. The molecule has 0 radical (unpaired) electrons. The van der Waals surface area contributed by atoms with E-state index >= 15 is 0 Å². The maximum absolute atomic E-state index is 12.1. The summed E-state index contributed by atoms with van der Waals surface area (Å²) in [6.07, 6.45) is -0.302. The number of morpholine rings is 1. The van der Waals surface area contributed by atoms with Crippen LogP contribution in [-0.4, -0.2) is 80.5 Å². The first-order valence-electron chi connectivity index (χ1n) is 6.56. The van der Waals surface area contributed by atoms with E-state index in [1.54, 1.807) is 0 Å². The molecule has 1 aliphatic rings. The quantitative estimate of drug-likeness (QED) is 0.587. The zero-order chi connectivity index (χ0) is 16.0. The lowest BCUT2D eigenvalue weighted by Crippen LogP contribution is -2.52. The van der Waals surface area contributed by atoms with E-state index in [0.717, 1.165) is 4.31 Å². The number of rotatable bonds is 7. The summed E-state index contributed by atoms with van der Waals surface area (Å²) in [6, 6.07) is -0.916. The van der Waals surface area contributed by atoms with Crippen molar-refractivity contribution in [2.24, 2.45) is 0 Å². The fourth-order valence-corrected chi connectivity index (χ4v) is 2.85. The number of carbonyl (C=O) groups is 2. The van der Waals surface area contributed by atoms with E-state index in [4.69, 9.17) is 9.84 Å². The number of hydrogen-bond acceptors (Lipinski definition) is 5. The predicted octanol–water partition coefficient (Wildman–Crippen LogP) is -1.53. The lowest BCUT2D eigenvalue weighted by molar-refractivity contribution is -0.137. The highest BCUT2D eigenvalue weighted by atomic mass is 32.2. The lowest BCUT2D eigenvalue weighted by atomic mass is 10.3. The minimum atomic E-state index is -3.90. The highest BCUT2D eigenvalue weighted by Gasteiger charge is 2.28. The van der Waals surface area contributed by atoms with E-state index in [9.17, 15) is 18.0 Å². The molecule has 1 aliphatic heterocycles. The molecule has 0 bridgehead atoms. The van der Waals surface area contributed by atoms with Crippen LogP contribution in [0.1, 0.15) is 13.3 Å². The SMILES string of the molecule is CC(NS(=O)(=O)N(C)CCC(=O)O)C(=O)N1CCOCC1. The first-order chi connectivity index (χ1) is 9.74. The Balaban J connectivity index is 2.56. The summed E-state index contributed by atoms with van der Waals surface area (Å²) in [4.78, 5) is 24.1. The van der Waals surface area contributed by atoms with Gasteiger partial charge in [0.25, 0.3) is 10.2 Å². The van der Waals surface area contributed by atoms with Gasteiger partial charge >= 0.3 is 5.97 Å². The zero-order valence-electron chi connectivity index (χ0n) is 12.1. The maximum atomic E-state index is 12.1. The van der Waals surface area contributed by atoms with Crippen molar-refractivity contribution in [2.45, 2.75) is 19.4 Å². The molecule has 1 amide bonds. The number of carboxylic acids is 1. The highest BCUT2D eigenvalue weighted by Crippen LogP contribution is 2.03. The van der Waals surface area contributed by atoms with Gasteiger partial charge < -0.3 is 14.7 Å². The van der Waals surface area contributed by atoms with Crippen molar-refractivity contribution >= 4 is 22.1 Å². The van der Waals surface area contributed by atoms with Crippen molar-refractivity contribution in [1.82, 2.24) is 13.9 Å². The second kappa shape index (κ2) is 7.69. The van der Waals surface area contributed by atoms with Crippen LogP contribution >= 0.6 is 0 Å². The van der Waals surface area contributed by atoms with Crippen LogP contribution < -0.4 is 4.72 Å². The van der Waals surface area contributed by atoms with Crippen LogP contribution in [0.5, 0.6) is 0 Å². The Labute approximate surface area is 124 Å². The Morgan fingerprint density at radius 2 is 1.95 bits per heavy atom. The molecular weight excluding hydrogens is 302 g/mol. The van der Waals surface area contributed by atoms with E-state index < -0.39 is 22.2 Å². The molecular formula is C11H21N3O6S. The van der Waals surface area contributed by atoms with E-state index in [1.165, 1.54) is 18.9 Å². The Kier molecular flexibility index (Phi) is 6.52. The third kappa shape index (κ3) is 5.58. The van der Waals surface area contributed by atoms with Crippen molar-refractivity contribution in [2.75, 3.05) is 39.9 Å². The fourth-order valence-electron chi connectivity index (χ4n) is 1.79. The van der Waals surface area contributed by atoms with Gasteiger partial charge in [-0.05, 0) is 6.92 Å². The molecule has 21 heavy (non-hydrogen) atoms. The second-order valence-corrected chi connectivity index (χ2v) is 6.56. The van der Waals surface area contributed by atoms with Gasteiger partial charge in [-0.15, -0.1) is 0 Å². The summed E-state index contributed by atoms with van der Waals surface area (Å²) in [7, 11) is -2.64. The molecule has 1 heterocycles. The van der Waals surface area contributed by atoms with Crippen LogP contribution in [0, 0.1) is 0 Å². The predicted molar refractivity (Wildman–Crippen MR) is 73.8 cm³/mol. The number of carbonyl (C=O) groups excluding carboxylic acids is 1. The zero-order valence-corrected chi connectivity index (χ0v) is 12.9. The third-order valence-corrected chi connectivity index (χ3v) is 4.72. The number of nitrogens with zero attached hydrogens (tertiary/aromatic N) is 2. The smallest absolute Gasteiger partial charge is 0.304 e. The van der Waals surface area contributed by atoms with Crippen LogP contribution in [0.25, 0.3) is 0 Å². The van der Waals surface area contributed by atoms with Gasteiger partial charge in [-0.2, -0.15) is 17.4 Å². The number of nitrogens with one attached hydrogen (secondary N) is 1. The second-order valence-electron chi connectivity index (χ2n) is 4.75. The molecule has 0 aromatic rings. The first-order valence-corrected chi connectivity index (χ1v) is 8.00. The maximum Gasteiger partial charge on any atom is 0.304 e. The van der Waals surface area contributed by atoms with E-state index in [-0.39, 0.29) is 18.9 Å². The van der Waals surface area contributed by atoms with Gasteiger partial charge in [-0.1, -0.05) is 0 Å². The molecule has 0 saturated carbocycles. The third-order valence-electron chi connectivity index (χ3n) is 3.07. The molecule has 1 atom stereocenters. The van der Waals surface area contributed by atoms with Crippen molar-refractivity contribution in [1.29, 1.82) is 0 Å². The molecule has 2 N–H and O–H groups in total. The van der Waals surface area contributed by atoms with E-state index in [0.29, 0.717) is 26.3 Å². The van der Waals surface area contributed by atoms with Crippen molar-refractivity contribution in [3.05, 3.63) is 0 Å². The highest BCUT2D eigenvalue weighted by molar-refractivity contribution is 7.87. The first kappa shape index (κ1) is 17.8. The Morgan fingerprint density at radius 1 is 1.38 bits per heavy atom. The van der Waals surface area contributed by atoms with Gasteiger partial charge in [-0.3, -0.25) is 9.59 Å². The van der Waals surface area contributed by atoms with E-state index in [2.05, 4.69) is 4.72 Å². The summed E-state index contributed by atoms with van der Waals surface area (Å²) in [5.74, 6) is -1.41. The summed E-state index contributed by atoms with van der Waals surface area (Å²) in [5.41, 5.74) is 0.